The van der Waals surface area contributed by atoms with E-state index in [1.807, 2.05) is 7.05 Å². The maximum atomic E-state index is 15.3. The molecular formula is C21H27F2N7O3S. The van der Waals surface area contributed by atoms with Crippen LogP contribution in [0.4, 0.5) is 20.4 Å². The number of aromatic nitrogens is 3. The Hall–Kier alpha value is -3.16. The van der Waals surface area contributed by atoms with Crippen molar-refractivity contribution in [2.24, 2.45) is 7.05 Å². The summed E-state index contributed by atoms with van der Waals surface area (Å²) in [5, 5.41) is 6.47. The van der Waals surface area contributed by atoms with E-state index in [-0.39, 0.29) is 17.8 Å². The van der Waals surface area contributed by atoms with Gasteiger partial charge in [0.1, 0.15) is 11.5 Å². The number of fused-ring (bicyclic) bond motifs is 1. The number of hydrogen-bond donors (Lipinski definition) is 3. The van der Waals surface area contributed by atoms with Crippen molar-refractivity contribution in [3.8, 4) is 11.1 Å². The van der Waals surface area contributed by atoms with Crippen LogP contribution >= 0.6 is 0 Å². The summed E-state index contributed by atoms with van der Waals surface area (Å²) in [5.41, 5.74) is -1.82. The zero-order chi connectivity index (χ0) is 25.0. The number of aryl methyl sites for hydroxylation is 1. The minimum atomic E-state index is -4.06. The van der Waals surface area contributed by atoms with Gasteiger partial charge in [-0.05, 0) is 38.2 Å². The Morgan fingerprint density at radius 1 is 1.21 bits per heavy atom. The van der Waals surface area contributed by atoms with Gasteiger partial charge in [0, 0.05) is 38.8 Å². The van der Waals surface area contributed by atoms with E-state index in [9.17, 15) is 17.6 Å². The van der Waals surface area contributed by atoms with Crippen LogP contribution in [0.15, 0.2) is 29.2 Å². The van der Waals surface area contributed by atoms with Gasteiger partial charge in [0.15, 0.2) is 5.82 Å². The largest absolute Gasteiger partial charge is 0.354 e. The zero-order valence-electron chi connectivity index (χ0n) is 19.3. The molecule has 0 spiro atoms. The van der Waals surface area contributed by atoms with Gasteiger partial charge in [0.25, 0.3) is 5.56 Å². The predicted molar refractivity (Wildman–Crippen MR) is 128 cm³/mol. The molecule has 0 amide bonds. The van der Waals surface area contributed by atoms with Crippen LogP contribution < -0.4 is 20.9 Å². The first-order valence-corrected chi connectivity index (χ1v) is 12.0. The highest BCUT2D eigenvalue weighted by molar-refractivity contribution is 7.90. The second-order valence-electron chi connectivity index (χ2n) is 7.58. The third kappa shape index (κ3) is 5.16. The molecule has 13 heteroatoms. The molecule has 0 radical (unpaired) electrons. The molecule has 3 N–H and O–H groups in total. The van der Waals surface area contributed by atoms with Crippen LogP contribution in [0.5, 0.6) is 0 Å². The third-order valence-corrected chi connectivity index (χ3v) is 6.85. The molecule has 0 aliphatic rings. The number of rotatable bonds is 10. The summed E-state index contributed by atoms with van der Waals surface area (Å²) in [7, 11) is 0.535. The SMILES string of the molecule is CCN(C)S(=O)(=O)Nc1ccc(F)c(-c2cc3cnc(NCCCNC)nc3n(C)c2=O)c1F. The van der Waals surface area contributed by atoms with Gasteiger partial charge < -0.3 is 10.6 Å². The van der Waals surface area contributed by atoms with Crippen LogP contribution in [0.1, 0.15) is 13.3 Å². The molecule has 184 valence electrons. The summed E-state index contributed by atoms with van der Waals surface area (Å²) in [6, 6.07) is 3.16. The third-order valence-electron chi connectivity index (χ3n) is 5.29. The van der Waals surface area contributed by atoms with Crippen molar-refractivity contribution in [1.29, 1.82) is 0 Å². The Labute approximate surface area is 196 Å². The van der Waals surface area contributed by atoms with Crippen molar-refractivity contribution < 1.29 is 17.2 Å². The van der Waals surface area contributed by atoms with E-state index >= 15 is 4.39 Å². The standard InChI is InChI=1S/C21H27F2N7O3S/c1-5-29(3)34(32,33)28-16-8-7-15(22)17(18(16)23)14-11-13-12-26-21(25-10-6-9-24-2)27-19(13)30(4)20(14)31/h7-8,11-12,24,28H,5-6,9-10H2,1-4H3,(H,25,26,27). The molecule has 0 aliphatic carbocycles. The van der Waals surface area contributed by atoms with Gasteiger partial charge in [-0.2, -0.15) is 17.7 Å². The normalized spacial score (nSPS) is 11.9. The topological polar surface area (TPSA) is 121 Å². The second-order valence-corrected chi connectivity index (χ2v) is 9.36. The average Bonchev–Trinajstić information content (AvgIpc) is 2.81. The molecule has 1 aromatic carbocycles. The number of nitrogens with zero attached hydrogens (tertiary/aromatic N) is 4. The first kappa shape index (κ1) is 25.5. The van der Waals surface area contributed by atoms with E-state index in [0.717, 1.165) is 29.4 Å². The summed E-state index contributed by atoms with van der Waals surface area (Å²) >= 11 is 0. The number of nitrogens with one attached hydrogen (secondary N) is 3. The van der Waals surface area contributed by atoms with Gasteiger partial charge in [-0.1, -0.05) is 6.92 Å². The van der Waals surface area contributed by atoms with E-state index in [2.05, 4.69) is 25.3 Å². The van der Waals surface area contributed by atoms with E-state index in [1.54, 1.807) is 6.92 Å². The Balaban J connectivity index is 2.07. The van der Waals surface area contributed by atoms with Crippen LogP contribution in [-0.4, -0.2) is 61.0 Å². The Kier molecular flexibility index (Phi) is 7.79. The molecule has 0 aliphatic heterocycles. The number of benzene rings is 1. The molecule has 2 heterocycles. The van der Waals surface area contributed by atoms with E-state index in [0.29, 0.717) is 17.9 Å². The van der Waals surface area contributed by atoms with Crippen molar-refractivity contribution >= 4 is 32.9 Å². The minimum Gasteiger partial charge on any atom is -0.354 e. The summed E-state index contributed by atoms with van der Waals surface area (Å²) in [5.74, 6) is -1.89. The fraction of sp³-hybridized carbons (Fsp3) is 0.381. The molecule has 0 saturated carbocycles. The van der Waals surface area contributed by atoms with Crippen LogP contribution in [0.3, 0.4) is 0 Å². The summed E-state index contributed by atoms with van der Waals surface area (Å²) in [6.45, 7) is 3.17. The lowest BCUT2D eigenvalue weighted by atomic mass is 10.0. The molecule has 34 heavy (non-hydrogen) atoms. The maximum Gasteiger partial charge on any atom is 0.301 e. The van der Waals surface area contributed by atoms with Gasteiger partial charge in [-0.3, -0.25) is 14.1 Å². The van der Waals surface area contributed by atoms with Crippen LogP contribution in [-0.2, 0) is 17.3 Å². The molecule has 0 saturated heterocycles. The number of halogens is 2. The molecule has 0 unspecified atom stereocenters. The molecule has 10 nitrogen and oxygen atoms in total. The van der Waals surface area contributed by atoms with Gasteiger partial charge in [-0.25, -0.2) is 13.8 Å². The van der Waals surface area contributed by atoms with Crippen molar-refractivity contribution in [2.75, 3.05) is 43.8 Å². The van der Waals surface area contributed by atoms with Gasteiger partial charge in [0.05, 0.1) is 16.8 Å². The molecule has 2 aromatic heterocycles. The Morgan fingerprint density at radius 3 is 2.62 bits per heavy atom. The monoisotopic (exact) mass is 495 g/mol. The second kappa shape index (κ2) is 10.4. The first-order chi connectivity index (χ1) is 16.1. The van der Waals surface area contributed by atoms with Crippen molar-refractivity contribution in [1.82, 2.24) is 24.2 Å². The average molecular weight is 496 g/mol. The van der Waals surface area contributed by atoms with E-state index in [1.165, 1.54) is 30.9 Å². The fourth-order valence-electron chi connectivity index (χ4n) is 3.24. The molecule has 3 rings (SSSR count). The molecule has 0 fully saturated rings. The first-order valence-electron chi connectivity index (χ1n) is 10.6. The lowest BCUT2D eigenvalue weighted by Gasteiger charge is -2.18. The maximum absolute atomic E-state index is 15.3. The van der Waals surface area contributed by atoms with Crippen molar-refractivity contribution in [2.45, 2.75) is 13.3 Å². The van der Waals surface area contributed by atoms with Gasteiger partial charge in [-0.15, -0.1) is 0 Å². The van der Waals surface area contributed by atoms with Crippen molar-refractivity contribution in [3.05, 3.63) is 46.4 Å². The quantitative estimate of drug-likeness (QED) is 0.367. The predicted octanol–water partition coefficient (Wildman–Crippen LogP) is 1.90. The molecule has 0 bridgehead atoms. The lowest BCUT2D eigenvalue weighted by molar-refractivity contribution is 0.491. The fourth-order valence-corrected chi connectivity index (χ4v) is 4.17. The Bertz CT molecular complexity index is 1360. The summed E-state index contributed by atoms with van der Waals surface area (Å²) in [4.78, 5) is 21.6. The van der Waals surface area contributed by atoms with Crippen LogP contribution in [0, 0.1) is 11.6 Å². The summed E-state index contributed by atoms with van der Waals surface area (Å²) < 4.78 is 58.9. The smallest absolute Gasteiger partial charge is 0.301 e. The number of anilines is 2. The van der Waals surface area contributed by atoms with Crippen LogP contribution in [0.2, 0.25) is 0 Å². The number of pyridine rings is 1. The molecular weight excluding hydrogens is 468 g/mol. The van der Waals surface area contributed by atoms with Gasteiger partial charge >= 0.3 is 10.2 Å². The minimum absolute atomic E-state index is 0.141. The highest BCUT2D eigenvalue weighted by atomic mass is 32.2. The Morgan fingerprint density at radius 2 is 1.94 bits per heavy atom. The number of hydrogen-bond acceptors (Lipinski definition) is 7. The highest BCUT2D eigenvalue weighted by Crippen LogP contribution is 2.31. The molecule has 3 aromatic rings. The molecule has 0 atom stereocenters. The van der Waals surface area contributed by atoms with E-state index < -0.39 is 38.7 Å². The summed E-state index contributed by atoms with van der Waals surface area (Å²) in [6.07, 6.45) is 2.28. The van der Waals surface area contributed by atoms with Gasteiger partial charge in [0.2, 0.25) is 5.95 Å². The lowest BCUT2D eigenvalue weighted by Crippen LogP contribution is -2.32. The highest BCUT2D eigenvalue weighted by Gasteiger charge is 2.24. The van der Waals surface area contributed by atoms with E-state index in [4.69, 9.17) is 0 Å². The zero-order valence-corrected chi connectivity index (χ0v) is 20.1. The van der Waals surface area contributed by atoms with Crippen molar-refractivity contribution in [3.63, 3.8) is 0 Å². The van der Waals surface area contributed by atoms with Crippen LogP contribution in [0.25, 0.3) is 22.2 Å².